The van der Waals surface area contributed by atoms with E-state index in [0.29, 0.717) is 30.5 Å². The molecule has 3 unspecified atom stereocenters. The van der Waals surface area contributed by atoms with Gasteiger partial charge in [0.15, 0.2) is 5.96 Å². The van der Waals surface area contributed by atoms with E-state index in [9.17, 15) is 4.21 Å². The Morgan fingerprint density at radius 3 is 2.74 bits per heavy atom. The molecule has 0 radical (unpaired) electrons. The number of halogens is 1. The molecular weight excluding hydrogens is 525 g/mol. The van der Waals surface area contributed by atoms with Crippen LogP contribution in [0.1, 0.15) is 56.6 Å². The van der Waals surface area contributed by atoms with E-state index in [2.05, 4.69) is 39.9 Å². The number of aliphatic imine (C=N–C) groups is 1. The summed E-state index contributed by atoms with van der Waals surface area (Å²) in [6, 6.07) is 8.86. The molecule has 6 nitrogen and oxygen atoms in total. The molecule has 1 aliphatic heterocycles. The van der Waals surface area contributed by atoms with Crippen molar-refractivity contribution >= 4 is 40.7 Å². The first kappa shape index (κ1) is 26.5. The Kier molecular flexibility index (Phi) is 12.4. The Bertz CT molecular complexity index is 713. The minimum absolute atomic E-state index is 0. The van der Waals surface area contributed by atoms with Gasteiger partial charge in [-0.3, -0.25) is 9.20 Å². The molecule has 176 valence electrons. The van der Waals surface area contributed by atoms with Crippen molar-refractivity contribution in [3.05, 3.63) is 35.4 Å². The van der Waals surface area contributed by atoms with E-state index in [1.54, 1.807) is 7.05 Å². The molecule has 2 fully saturated rings. The van der Waals surface area contributed by atoms with Gasteiger partial charge >= 0.3 is 0 Å². The van der Waals surface area contributed by atoms with Gasteiger partial charge in [-0.15, -0.1) is 24.0 Å². The van der Waals surface area contributed by atoms with E-state index >= 15 is 0 Å². The van der Waals surface area contributed by atoms with Gasteiger partial charge in [0.25, 0.3) is 0 Å². The monoisotopic (exact) mass is 563 g/mol. The molecule has 1 saturated heterocycles. The highest BCUT2D eigenvalue weighted by Gasteiger charge is 2.26. The zero-order valence-electron chi connectivity index (χ0n) is 18.8. The lowest BCUT2D eigenvalue weighted by molar-refractivity contribution is -0.0390. The maximum atomic E-state index is 12.2. The molecule has 1 heterocycles. The summed E-state index contributed by atoms with van der Waals surface area (Å²) in [5, 5.41) is 7.28. The van der Waals surface area contributed by atoms with E-state index in [1.807, 2.05) is 6.92 Å². The summed E-state index contributed by atoms with van der Waals surface area (Å²) in [5.41, 5.74) is 2.40. The van der Waals surface area contributed by atoms with Gasteiger partial charge in [-0.2, -0.15) is 0 Å². The Morgan fingerprint density at radius 1 is 1.23 bits per heavy atom. The highest BCUT2D eigenvalue weighted by molar-refractivity contribution is 14.0. The van der Waals surface area contributed by atoms with Crippen LogP contribution >= 0.6 is 24.0 Å². The van der Waals surface area contributed by atoms with Gasteiger partial charge < -0.3 is 20.1 Å². The predicted octanol–water partition coefficient (Wildman–Crippen LogP) is 3.75. The van der Waals surface area contributed by atoms with Gasteiger partial charge in [0.2, 0.25) is 0 Å². The van der Waals surface area contributed by atoms with Gasteiger partial charge in [-0.1, -0.05) is 37.6 Å². The normalized spacial score (nSPS) is 23.6. The first-order chi connectivity index (χ1) is 14.7. The summed E-state index contributed by atoms with van der Waals surface area (Å²) >= 11 is 0. The molecule has 3 atom stereocenters. The van der Waals surface area contributed by atoms with Crippen molar-refractivity contribution in [2.75, 3.05) is 26.0 Å². The van der Waals surface area contributed by atoms with Crippen molar-refractivity contribution in [1.82, 2.24) is 10.6 Å². The molecule has 0 spiro atoms. The lowest BCUT2D eigenvalue weighted by Gasteiger charge is -2.30. The molecular formula is C23H38IN3O3S. The fraction of sp³-hybridized carbons (Fsp3) is 0.696. The second kappa shape index (κ2) is 14.4. The molecule has 3 rings (SSSR count). The standard InChI is InChI=1S/C23H37N3O3S.HI/c1-3-30(27)22-9-5-8-20(15-22)26-23(24-2)25-16-18-6-4-7-19(14-18)17-29-21-10-12-28-13-11-21;/h4,6-7,14,20-22H,3,5,8-13,15-17H2,1-2H3,(H2,24,25,26);1H. The fourth-order valence-corrected chi connectivity index (χ4v) is 5.56. The molecule has 2 aliphatic rings. The smallest absolute Gasteiger partial charge is 0.191 e. The van der Waals surface area contributed by atoms with Crippen LogP contribution in [-0.4, -0.2) is 53.6 Å². The van der Waals surface area contributed by atoms with E-state index in [1.165, 1.54) is 11.1 Å². The minimum Gasteiger partial charge on any atom is -0.381 e. The van der Waals surface area contributed by atoms with Gasteiger partial charge in [-0.25, -0.2) is 0 Å². The second-order valence-corrected chi connectivity index (χ2v) is 10.2. The number of guanidine groups is 1. The summed E-state index contributed by atoms with van der Waals surface area (Å²) < 4.78 is 23.6. The van der Waals surface area contributed by atoms with Crippen LogP contribution in [0.3, 0.4) is 0 Å². The summed E-state index contributed by atoms with van der Waals surface area (Å²) in [4.78, 5) is 4.39. The summed E-state index contributed by atoms with van der Waals surface area (Å²) in [7, 11) is 1.09. The largest absolute Gasteiger partial charge is 0.381 e. The van der Waals surface area contributed by atoms with E-state index in [0.717, 1.165) is 63.5 Å². The van der Waals surface area contributed by atoms with Crippen LogP contribution in [-0.2, 0) is 33.4 Å². The number of ether oxygens (including phenoxy) is 2. The Labute approximate surface area is 206 Å². The average molecular weight is 564 g/mol. The van der Waals surface area contributed by atoms with Gasteiger partial charge in [0.1, 0.15) is 0 Å². The molecule has 0 amide bonds. The van der Waals surface area contributed by atoms with Crippen LogP contribution in [0.15, 0.2) is 29.3 Å². The van der Waals surface area contributed by atoms with E-state index < -0.39 is 10.8 Å². The number of nitrogens with zero attached hydrogens (tertiary/aromatic N) is 1. The zero-order valence-corrected chi connectivity index (χ0v) is 22.0. The van der Waals surface area contributed by atoms with Crippen LogP contribution in [0.2, 0.25) is 0 Å². The van der Waals surface area contributed by atoms with E-state index in [-0.39, 0.29) is 24.0 Å². The van der Waals surface area contributed by atoms with Crippen LogP contribution in [0.25, 0.3) is 0 Å². The average Bonchev–Trinajstić information content (AvgIpc) is 2.81. The molecule has 8 heteroatoms. The third-order valence-electron chi connectivity index (χ3n) is 5.95. The number of rotatable bonds is 8. The van der Waals surface area contributed by atoms with Crippen LogP contribution in [0.5, 0.6) is 0 Å². The third kappa shape index (κ3) is 8.98. The minimum atomic E-state index is -0.710. The Balaban J connectivity index is 0.00000341. The number of nitrogens with one attached hydrogen (secondary N) is 2. The topological polar surface area (TPSA) is 72.0 Å². The van der Waals surface area contributed by atoms with Gasteiger partial charge in [-0.05, 0) is 43.2 Å². The first-order valence-electron chi connectivity index (χ1n) is 11.3. The van der Waals surface area contributed by atoms with Crippen LogP contribution < -0.4 is 10.6 Å². The molecule has 1 aliphatic carbocycles. The third-order valence-corrected chi connectivity index (χ3v) is 7.69. The van der Waals surface area contributed by atoms with Crippen molar-refractivity contribution < 1.29 is 13.7 Å². The highest BCUT2D eigenvalue weighted by atomic mass is 127. The lowest BCUT2D eigenvalue weighted by Crippen LogP contribution is -2.46. The quantitative estimate of drug-likeness (QED) is 0.287. The van der Waals surface area contributed by atoms with Crippen LogP contribution in [0, 0.1) is 0 Å². The number of benzene rings is 1. The molecule has 1 aromatic rings. The predicted molar refractivity (Wildman–Crippen MR) is 139 cm³/mol. The molecule has 2 N–H and O–H groups in total. The van der Waals surface area contributed by atoms with Crippen LogP contribution in [0.4, 0.5) is 0 Å². The first-order valence-corrected chi connectivity index (χ1v) is 12.7. The molecule has 1 aromatic carbocycles. The fourth-order valence-electron chi connectivity index (χ4n) is 4.21. The number of hydrogen-bond acceptors (Lipinski definition) is 4. The molecule has 1 saturated carbocycles. The SMILES string of the molecule is CCS(=O)C1CCCC(NC(=NC)NCc2cccc(COC3CCOCC3)c2)C1.I. The number of hydrogen-bond donors (Lipinski definition) is 2. The molecule has 31 heavy (non-hydrogen) atoms. The van der Waals surface area contributed by atoms with Crippen molar-refractivity contribution in [3.8, 4) is 0 Å². The maximum Gasteiger partial charge on any atom is 0.191 e. The Morgan fingerprint density at radius 2 is 2.00 bits per heavy atom. The Hall–Kier alpha value is -0.710. The van der Waals surface area contributed by atoms with Crippen molar-refractivity contribution in [1.29, 1.82) is 0 Å². The molecule has 0 aromatic heterocycles. The van der Waals surface area contributed by atoms with Gasteiger partial charge in [0.05, 0.1) is 12.7 Å². The second-order valence-electron chi connectivity index (χ2n) is 8.17. The maximum absolute atomic E-state index is 12.2. The zero-order chi connectivity index (χ0) is 21.2. The summed E-state index contributed by atoms with van der Waals surface area (Å²) in [5.74, 6) is 1.56. The van der Waals surface area contributed by atoms with Crippen molar-refractivity contribution in [2.45, 2.75) is 76.0 Å². The van der Waals surface area contributed by atoms with Crippen molar-refractivity contribution in [2.24, 2.45) is 4.99 Å². The summed E-state index contributed by atoms with van der Waals surface area (Å²) in [6.45, 7) is 4.97. The van der Waals surface area contributed by atoms with E-state index in [4.69, 9.17) is 9.47 Å². The van der Waals surface area contributed by atoms with Crippen molar-refractivity contribution in [3.63, 3.8) is 0 Å². The van der Waals surface area contributed by atoms with Gasteiger partial charge in [0, 0.05) is 54.7 Å². The summed E-state index contributed by atoms with van der Waals surface area (Å²) in [6.07, 6.45) is 6.55. The highest BCUT2D eigenvalue weighted by Crippen LogP contribution is 2.23. The molecule has 0 bridgehead atoms. The lowest BCUT2D eigenvalue weighted by atomic mass is 9.95.